The van der Waals surface area contributed by atoms with Gasteiger partial charge in [0.2, 0.25) is 5.52 Å². The van der Waals surface area contributed by atoms with Crippen molar-refractivity contribution in [1.82, 2.24) is 0 Å². The van der Waals surface area contributed by atoms with Crippen molar-refractivity contribution in [1.29, 1.82) is 0 Å². The highest BCUT2D eigenvalue weighted by atomic mass is 35.5. The Morgan fingerprint density at radius 3 is 3.00 bits per heavy atom. The predicted octanol–water partition coefficient (Wildman–Crippen LogP) is -0.701. The molecule has 2 aromatic rings. The Kier molecular flexibility index (Phi) is 2.49. The molecule has 0 spiro atoms. The molecule has 13 heavy (non-hydrogen) atoms. The molecule has 4 heteroatoms. The Hall–Kier alpha value is -0.250. The fraction of sp³-hybridized carbons (Fsp3) is 0.222. The molecule has 1 nitrogen and oxygen atoms in total. The van der Waals surface area contributed by atoms with Crippen molar-refractivity contribution in [2.75, 3.05) is 5.75 Å². The van der Waals surface area contributed by atoms with E-state index in [0.29, 0.717) is 0 Å². The van der Waals surface area contributed by atoms with E-state index in [1.54, 1.807) is 0 Å². The van der Waals surface area contributed by atoms with Gasteiger partial charge in [-0.1, -0.05) is 23.5 Å². The normalized spacial score (nSPS) is 14.2. The predicted molar refractivity (Wildman–Crippen MR) is 52.7 cm³/mol. The lowest BCUT2D eigenvalue weighted by atomic mass is 10.3. The van der Waals surface area contributed by atoms with E-state index < -0.39 is 0 Å². The van der Waals surface area contributed by atoms with Gasteiger partial charge in [-0.2, -0.15) is 4.57 Å². The lowest BCUT2D eigenvalue weighted by Crippen LogP contribution is -3.00. The minimum atomic E-state index is 0. The summed E-state index contributed by atoms with van der Waals surface area (Å²) in [4.78, 5) is 0. The molecule has 0 saturated carbocycles. The lowest BCUT2D eigenvalue weighted by molar-refractivity contribution is -0.692. The van der Waals surface area contributed by atoms with E-state index in [4.69, 9.17) is 0 Å². The zero-order chi connectivity index (χ0) is 7.97. The van der Waals surface area contributed by atoms with E-state index in [1.165, 1.54) is 26.9 Å². The molecule has 1 aliphatic heterocycles. The molecule has 2 heterocycles. The average Bonchev–Trinajstić information content (AvgIpc) is 2.62. The van der Waals surface area contributed by atoms with E-state index in [9.17, 15) is 0 Å². The number of para-hydroxylation sites is 1. The summed E-state index contributed by atoms with van der Waals surface area (Å²) in [6, 6.07) is 8.64. The van der Waals surface area contributed by atoms with Gasteiger partial charge in [0.25, 0.3) is 4.34 Å². The fourth-order valence-corrected chi connectivity index (χ4v) is 4.02. The summed E-state index contributed by atoms with van der Waals surface area (Å²) < 4.78 is 5.31. The largest absolute Gasteiger partial charge is 1.00 e. The first-order chi connectivity index (χ1) is 5.95. The Bertz CT molecular complexity index is 438. The summed E-state index contributed by atoms with van der Waals surface area (Å²) in [5.74, 6) is 1.25. The summed E-state index contributed by atoms with van der Waals surface area (Å²) in [5.41, 5.74) is 1.41. The minimum Gasteiger partial charge on any atom is -1.00 e. The zero-order valence-corrected chi connectivity index (χ0v) is 9.25. The van der Waals surface area contributed by atoms with Gasteiger partial charge in [-0.15, -0.1) is 0 Å². The summed E-state index contributed by atoms with van der Waals surface area (Å²) in [5, 5.41) is 0. The van der Waals surface area contributed by atoms with Crippen LogP contribution in [-0.4, -0.2) is 5.75 Å². The van der Waals surface area contributed by atoms with Gasteiger partial charge in [0.15, 0.2) is 6.54 Å². The Morgan fingerprint density at radius 2 is 2.08 bits per heavy atom. The molecule has 0 unspecified atom stereocenters. The van der Waals surface area contributed by atoms with Crippen molar-refractivity contribution in [3.8, 4) is 0 Å². The van der Waals surface area contributed by atoms with E-state index >= 15 is 0 Å². The summed E-state index contributed by atoms with van der Waals surface area (Å²) in [6.07, 6.45) is 0. The van der Waals surface area contributed by atoms with E-state index in [1.807, 2.05) is 23.1 Å². The molecule has 1 aromatic carbocycles. The first kappa shape index (κ1) is 9.31. The van der Waals surface area contributed by atoms with Crippen LogP contribution in [0.3, 0.4) is 0 Å². The molecule has 3 rings (SSSR count). The Morgan fingerprint density at radius 1 is 1.23 bits per heavy atom. The highest BCUT2D eigenvalue weighted by molar-refractivity contribution is 8.01. The molecule has 68 valence electrons. The molecule has 0 atom stereocenters. The van der Waals surface area contributed by atoms with Gasteiger partial charge in [-0.25, -0.2) is 0 Å². The third-order valence-electron chi connectivity index (χ3n) is 2.11. The maximum Gasteiger partial charge on any atom is 0.298 e. The van der Waals surface area contributed by atoms with Gasteiger partial charge in [-0.05, 0) is 17.8 Å². The highest BCUT2D eigenvalue weighted by Gasteiger charge is 2.25. The molecule has 0 bridgehead atoms. The van der Waals surface area contributed by atoms with Gasteiger partial charge in [0.1, 0.15) is 4.70 Å². The van der Waals surface area contributed by atoms with Crippen molar-refractivity contribution >= 4 is 33.3 Å². The molecule has 0 saturated heterocycles. The number of fused-ring (bicyclic) bond motifs is 3. The van der Waals surface area contributed by atoms with Crippen LogP contribution < -0.4 is 17.0 Å². The maximum atomic E-state index is 2.42. The molecule has 0 aliphatic carbocycles. The molecule has 0 radical (unpaired) electrons. The number of hydrogen-bond donors (Lipinski definition) is 0. The summed E-state index contributed by atoms with van der Waals surface area (Å²) in [6.45, 7) is 1.18. The van der Waals surface area contributed by atoms with Crippen LogP contribution in [0.5, 0.6) is 0 Å². The van der Waals surface area contributed by atoms with Gasteiger partial charge in [0.05, 0.1) is 5.75 Å². The van der Waals surface area contributed by atoms with Crippen LogP contribution in [0.1, 0.15) is 0 Å². The van der Waals surface area contributed by atoms with Crippen LogP contribution >= 0.6 is 23.1 Å². The van der Waals surface area contributed by atoms with Crippen molar-refractivity contribution in [3.05, 3.63) is 24.3 Å². The molecular weight excluding hydrogens is 222 g/mol. The Balaban J connectivity index is 0.000000653. The van der Waals surface area contributed by atoms with Crippen LogP contribution in [0.4, 0.5) is 0 Å². The third-order valence-corrected chi connectivity index (χ3v) is 4.53. The van der Waals surface area contributed by atoms with Crippen LogP contribution in [0, 0.1) is 0 Å². The molecule has 1 aliphatic rings. The number of nitrogens with zero attached hydrogens (tertiary/aromatic N) is 1. The topological polar surface area (TPSA) is 3.88 Å². The van der Waals surface area contributed by atoms with Crippen LogP contribution in [0.25, 0.3) is 10.2 Å². The second-order valence-electron chi connectivity index (χ2n) is 2.84. The number of aromatic nitrogens is 1. The van der Waals surface area contributed by atoms with Gasteiger partial charge in [0, 0.05) is 6.07 Å². The molecule has 1 aromatic heterocycles. The second kappa shape index (κ2) is 3.48. The summed E-state index contributed by atoms with van der Waals surface area (Å²) in [7, 11) is 0. The number of halogens is 1. The quantitative estimate of drug-likeness (QED) is 0.541. The standard InChI is InChI=1S/C9H8NS2.ClH/c1-2-4-8-7(3-1)10-5-6-11-9(10)12-8;/h1-4H,5-6H2;1H/q+1;/p-1. The number of thiazole rings is 1. The van der Waals surface area contributed by atoms with E-state index in [-0.39, 0.29) is 12.4 Å². The minimum absolute atomic E-state index is 0. The van der Waals surface area contributed by atoms with Crippen molar-refractivity contribution in [2.24, 2.45) is 0 Å². The van der Waals surface area contributed by atoms with Crippen LogP contribution in [-0.2, 0) is 6.54 Å². The molecule has 0 amide bonds. The summed E-state index contributed by atoms with van der Waals surface area (Å²) >= 11 is 3.89. The van der Waals surface area contributed by atoms with Gasteiger partial charge >= 0.3 is 0 Å². The van der Waals surface area contributed by atoms with Gasteiger partial charge < -0.3 is 12.4 Å². The average molecular weight is 230 g/mol. The smallest absolute Gasteiger partial charge is 0.298 e. The van der Waals surface area contributed by atoms with Crippen LogP contribution in [0.15, 0.2) is 28.6 Å². The third kappa shape index (κ3) is 1.35. The van der Waals surface area contributed by atoms with Crippen molar-refractivity contribution < 1.29 is 17.0 Å². The number of aryl methyl sites for hydroxylation is 1. The molecule has 0 N–H and O–H groups in total. The maximum absolute atomic E-state index is 2.42. The van der Waals surface area contributed by atoms with Crippen LogP contribution in [0.2, 0.25) is 0 Å². The van der Waals surface area contributed by atoms with Crippen molar-refractivity contribution in [2.45, 2.75) is 10.9 Å². The van der Waals surface area contributed by atoms with E-state index in [0.717, 1.165) is 0 Å². The van der Waals surface area contributed by atoms with Crippen molar-refractivity contribution in [3.63, 3.8) is 0 Å². The highest BCUT2D eigenvalue weighted by Crippen LogP contribution is 2.31. The Labute approximate surface area is 91.2 Å². The molecular formula is C9H8ClNS2. The first-order valence-electron chi connectivity index (χ1n) is 3.99. The number of hydrogen-bond acceptors (Lipinski definition) is 2. The number of thioether (sulfide) groups is 1. The van der Waals surface area contributed by atoms with Gasteiger partial charge in [-0.3, -0.25) is 0 Å². The number of rotatable bonds is 0. The second-order valence-corrected chi connectivity index (χ2v) is 5.21. The zero-order valence-electron chi connectivity index (χ0n) is 6.87. The first-order valence-corrected chi connectivity index (χ1v) is 5.79. The molecule has 0 fully saturated rings. The number of benzene rings is 1. The van der Waals surface area contributed by atoms with E-state index in [2.05, 4.69) is 28.8 Å². The SMILES string of the molecule is [Cl-].c1ccc2c(c1)sc1[n+]2CCS1. The lowest BCUT2D eigenvalue weighted by Gasteiger charge is -1.84. The fourth-order valence-electron chi connectivity index (χ4n) is 1.56. The monoisotopic (exact) mass is 229 g/mol.